The van der Waals surface area contributed by atoms with Crippen molar-refractivity contribution in [3.8, 4) is 0 Å². The predicted octanol–water partition coefficient (Wildman–Crippen LogP) is 2.05. The Hall–Kier alpha value is -1.10. The molecule has 0 aromatic rings. The highest BCUT2D eigenvalue weighted by Crippen LogP contribution is 2.26. The van der Waals surface area contributed by atoms with Crippen LogP contribution >= 0.6 is 0 Å². The fraction of sp³-hybridized carbons (Fsp3) is 0.882. The lowest BCUT2D eigenvalue weighted by Crippen LogP contribution is -2.64. The summed E-state index contributed by atoms with van der Waals surface area (Å²) in [6, 6.07) is 0.166. The summed E-state index contributed by atoms with van der Waals surface area (Å²) in [4.78, 5) is 28.5. The number of carbonyl (C=O) groups is 2. The Morgan fingerprint density at radius 1 is 1.41 bits per heavy atom. The SMILES string of the molecule is CC(C)N1C(=O)CN(C(=O)CC[C@@H]2CCCOC2)CC1(C)C. The van der Waals surface area contributed by atoms with Gasteiger partial charge in [0.25, 0.3) is 0 Å². The van der Waals surface area contributed by atoms with Crippen LogP contribution in [-0.2, 0) is 14.3 Å². The van der Waals surface area contributed by atoms with Crippen LogP contribution in [0, 0.1) is 5.92 Å². The van der Waals surface area contributed by atoms with Crippen molar-refractivity contribution >= 4 is 11.8 Å². The molecule has 2 rings (SSSR count). The number of carbonyl (C=O) groups excluding carboxylic acids is 2. The smallest absolute Gasteiger partial charge is 0.242 e. The maximum atomic E-state index is 12.5. The number of piperazine rings is 1. The second-order valence-corrected chi connectivity index (χ2v) is 7.54. The molecule has 0 saturated carbocycles. The summed E-state index contributed by atoms with van der Waals surface area (Å²) in [5.74, 6) is 0.661. The standard InChI is InChI=1S/C17H30N2O3/c1-13(2)19-16(21)10-18(12-17(19,3)4)15(20)8-7-14-6-5-9-22-11-14/h13-14H,5-12H2,1-4H3/t14-/m0/s1. The van der Waals surface area contributed by atoms with Gasteiger partial charge in [-0.15, -0.1) is 0 Å². The maximum absolute atomic E-state index is 12.5. The van der Waals surface area contributed by atoms with E-state index < -0.39 is 0 Å². The van der Waals surface area contributed by atoms with Gasteiger partial charge in [-0.1, -0.05) is 0 Å². The summed E-state index contributed by atoms with van der Waals surface area (Å²) in [6.45, 7) is 10.6. The normalized spacial score (nSPS) is 25.7. The minimum atomic E-state index is -0.299. The van der Waals surface area contributed by atoms with E-state index in [-0.39, 0.29) is 29.9 Å². The van der Waals surface area contributed by atoms with Crippen LogP contribution in [0.4, 0.5) is 0 Å². The van der Waals surface area contributed by atoms with Crippen molar-refractivity contribution in [2.24, 2.45) is 5.92 Å². The highest BCUT2D eigenvalue weighted by atomic mass is 16.5. The van der Waals surface area contributed by atoms with Crippen molar-refractivity contribution in [2.45, 2.75) is 65.0 Å². The van der Waals surface area contributed by atoms with E-state index in [1.54, 1.807) is 4.90 Å². The number of hydrogen-bond donors (Lipinski definition) is 0. The second-order valence-electron chi connectivity index (χ2n) is 7.54. The molecule has 0 bridgehead atoms. The van der Waals surface area contributed by atoms with Crippen molar-refractivity contribution in [1.82, 2.24) is 9.80 Å². The lowest BCUT2D eigenvalue weighted by molar-refractivity contribution is -0.155. The topological polar surface area (TPSA) is 49.9 Å². The van der Waals surface area contributed by atoms with Gasteiger partial charge in [-0.3, -0.25) is 9.59 Å². The predicted molar refractivity (Wildman–Crippen MR) is 85.4 cm³/mol. The zero-order valence-electron chi connectivity index (χ0n) is 14.4. The molecule has 22 heavy (non-hydrogen) atoms. The monoisotopic (exact) mass is 310 g/mol. The fourth-order valence-corrected chi connectivity index (χ4v) is 3.86. The molecular weight excluding hydrogens is 280 g/mol. The lowest BCUT2D eigenvalue weighted by Gasteiger charge is -2.49. The van der Waals surface area contributed by atoms with Gasteiger partial charge in [0.2, 0.25) is 11.8 Å². The van der Waals surface area contributed by atoms with Gasteiger partial charge >= 0.3 is 0 Å². The van der Waals surface area contributed by atoms with E-state index in [0.29, 0.717) is 18.9 Å². The van der Waals surface area contributed by atoms with Crippen LogP contribution in [0.2, 0.25) is 0 Å². The van der Waals surface area contributed by atoms with E-state index in [1.807, 2.05) is 32.6 Å². The molecule has 0 aromatic heterocycles. The van der Waals surface area contributed by atoms with Crippen LogP contribution in [0.3, 0.4) is 0 Å². The molecule has 5 nitrogen and oxygen atoms in total. The first-order chi connectivity index (χ1) is 10.3. The molecular formula is C17H30N2O3. The molecule has 2 aliphatic rings. The number of amides is 2. The average molecular weight is 310 g/mol. The van der Waals surface area contributed by atoms with Crippen LogP contribution in [-0.4, -0.2) is 59.5 Å². The Bertz CT molecular complexity index is 414. The van der Waals surface area contributed by atoms with Crippen molar-refractivity contribution in [2.75, 3.05) is 26.3 Å². The molecule has 2 fully saturated rings. The van der Waals surface area contributed by atoms with Crippen LogP contribution in [0.15, 0.2) is 0 Å². The molecule has 2 aliphatic heterocycles. The Kier molecular flexibility index (Phi) is 5.48. The van der Waals surface area contributed by atoms with Gasteiger partial charge in [0.05, 0.1) is 12.1 Å². The van der Waals surface area contributed by atoms with Crippen LogP contribution in [0.1, 0.15) is 53.4 Å². The van der Waals surface area contributed by atoms with Crippen molar-refractivity contribution in [1.29, 1.82) is 0 Å². The fourth-order valence-electron chi connectivity index (χ4n) is 3.86. The Balaban J connectivity index is 1.89. The Morgan fingerprint density at radius 2 is 2.14 bits per heavy atom. The molecule has 2 amide bonds. The van der Waals surface area contributed by atoms with E-state index in [2.05, 4.69) is 0 Å². The highest BCUT2D eigenvalue weighted by molar-refractivity contribution is 5.87. The first-order valence-electron chi connectivity index (χ1n) is 8.49. The molecule has 2 saturated heterocycles. The minimum Gasteiger partial charge on any atom is -0.381 e. The Morgan fingerprint density at radius 3 is 2.68 bits per heavy atom. The van der Waals surface area contributed by atoms with Crippen molar-refractivity contribution in [3.05, 3.63) is 0 Å². The summed E-state index contributed by atoms with van der Waals surface area (Å²) < 4.78 is 5.46. The van der Waals surface area contributed by atoms with Crippen LogP contribution < -0.4 is 0 Å². The van der Waals surface area contributed by atoms with E-state index in [4.69, 9.17) is 4.74 Å². The number of hydrogen-bond acceptors (Lipinski definition) is 3. The highest BCUT2D eigenvalue weighted by Gasteiger charge is 2.41. The largest absolute Gasteiger partial charge is 0.381 e. The van der Waals surface area contributed by atoms with Gasteiger partial charge in [-0.25, -0.2) is 0 Å². The Labute approximate surface area is 134 Å². The van der Waals surface area contributed by atoms with Gasteiger partial charge in [0.15, 0.2) is 0 Å². The summed E-state index contributed by atoms with van der Waals surface area (Å²) in [6.07, 6.45) is 3.65. The average Bonchev–Trinajstić information content (AvgIpc) is 2.43. The quantitative estimate of drug-likeness (QED) is 0.798. The van der Waals surface area contributed by atoms with E-state index in [9.17, 15) is 9.59 Å². The molecule has 0 unspecified atom stereocenters. The molecule has 0 spiro atoms. The third-order valence-corrected chi connectivity index (χ3v) is 4.71. The van der Waals surface area contributed by atoms with E-state index in [0.717, 1.165) is 32.5 Å². The van der Waals surface area contributed by atoms with Gasteiger partial charge in [-0.05, 0) is 52.9 Å². The first-order valence-corrected chi connectivity index (χ1v) is 8.49. The van der Waals surface area contributed by atoms with Crippen molar-refractivity contribution in [3.63, 3.8) is 0 Å². The molecule has 5 heteroatoms. The molecule has 2 heterocycles. The molecule has 126 valence electrons. The van der Waals surface area contributed by atoms with Gasteiger partial charge in [0.1, 0.15) is 0 Å². The molecule has 1 atom stereocenters. The minimum absolute atomic E-state index is 0.0561. The number of nitrogens with zero attached hydrogens (tertiary/aromatic N) is 2. The zero-order valence-corrected chi connectivity index (χ0v) is 14.4. The first kappa shape index (κ1) is 17.3. The van der Waals surface area contributed by atoms with E-state index >= 15 is 0 Å². The van der Waals surface area contributed by atoms with Gasteiger partial charge in [0, 0.05) is 32.2 Å². The summed E-state index contributed by atoms with van der Waals surface area (Å²) in [5, 5.41) is 0. The zero-order chi connectivity index (χ0) is 16.3. The molecule has 0 aliphatic carbocycles. The number of ether oxygens (including phenoxy) is 1. The molecule has 0 radical (unpaired) electrons. The third kappa shape index (κ3) is 4.00. The summed E-state index contributed by atoms with van der Waals surface area (Å²) >= 11 is 0. The van der Waals surface area contributed by atoms with Crippen LogP contribution in [0.5, 0.6) is 0 Å². The summed E-state index contributed by atoms with van der Waals surface area (Å²) in [7, 11) is 0. The van der Waals surface area contributed by atoms with E-state index in [1.165, 1.54) is 0 Å². The number of rotatable bonds is 4. The second kappa shape index (κ2) is 6.99. The lowest BCUT2D eigenvalue weighted by atomic mass is 9.94. The van der Waals surface area contributed by atoms with Gasteiger partial charge < -0.3 is 14.5 Å². The molecule has 0 N–H and O–H groups in total. The van der Waals surface area contributed by atoms with Crippen LogP contribution in [0.25, 0.3) is 0 Å². The molecule has 0 aromatic carbocycles. The third-order valence-electron chi connectivity index (χ3n) is 4.71. The summed E-state index contributed by atoms with van der Waals surface area (Å²) in [5.41, 5.74) is -0.299. The van der Waals surface area contributed by atoms with Crippen molar-refractivity contribution < 1.29 is 14.3 Å². The van der Waals surface area contributed by atoms with Gasteiger partial charge in [-0.2, -0.15) is 0 Å². The maximum Gasteiger partial charge on any atom is 0.242 e.